The molecule has 1 aromatic heterocycles. The molecule has 2 amide bonds. The first-order valence-electron chi connectivity index (χ1n) is 8.77. The van der Waals surface area contributed by atoms with Gasteiger partial charge in [-0.15, -0.1) is 11.3 Å². The highest BCUT2D eigenvalue weighted by Gasteiger charge is 2.25. The van der Waals surface area contributed by atoms with Gasteiger partial charge in [0.25, 0.3) is 0 Å². The number of carbonyl (C=O) groups is 2. The van der Waals surface area contributed by atoms with Gasteiger partial charge in [-0.1, -0.05) is 12.1 Å². The number of thiazole rings is 1. The molecule has 1 saturated heterocycles. The largest absolute Gasteiger partial charge is 0.369 e. The number of carbonyl (C=O) groups excluding carboxylic acids is 2. The molecule has 0 radical (unpaired) electrons. The van der Waals surface area contributed by atoms with Crippen molar-refractivity contribution in [2.45, 2.75) is 33.2 Å². The lowest BCUT2D eigenvalue weighted by Crippen LogP contribution is -2.40. The molecular weight excluding hydrogens is 348 g/mol. The lowest BCUT2D eigenvalue weighted by molar-refractivity contribution is -0.123. The SMILES string of the molecule is CC(=O)N(c1cccc(C)c1)c1nc(CN2CCC[C@H](C(N)=O)C2)cs1. The smallest absolute Gasteiger partial charge is 0.230 e. The Labute approximate surface area is 157 Å². The lowest BCUT2D eigenvalue weighted by Gasteiger charge is -2.30. The predicted molar refractivity (Wildman–Crippen MR) is 103 cm³/mol. The van der Waals surface area contributed by atoms with Gasteiger partial charge >= 0.3 is 0 Å². The fourth-order valence-electron chi connectivity index (χ4n) is 3.33. The number of aryl methyl sites for hydroxylation is 1. The molecule has 1 aliphatic heterocycles. The summed E-state index contributed by atoms with van der Waals surface area (Å²) in [5.41, 5.74) is 8.28. The van der Waals surface area contributed by atoms with Crippen LogP contribution in [0.25, 0.3) is 0 Å². The number of likely N-dealkylation sites (tertiary alicyclic amines) is 1. The molecule has 1 aliphatic rings. The molecule has 2 aromatic rings. The second-order valence-electron chi connectivity index (χ2n) is 6.79. The summed E-state index contributed by atoms with van der Waals surface area (Å²) >= 11 is 1.46. The number of primary amides is 1. The number of amides is 2. The van der Waals surface area contributed by atoms with E-state index in [1.165, 1.54) is 11.3 Å². The van der Waals surface area contributed by atoms with Gasteiger partial charge in [-0.05, 0) is 44.0 Å². The summed E-state index contributed by atoms with van der Waals surface area (Å²) in [6.45, 7) is 5.83. The van der Waals surface area contributed by atoms with Crippen molar-refractivity contribution in [1.29, 1.82) is 0 Å². The number of piperidine rings is 1. The first-order valence-corrected chi connectivity index (χ1v) is 9.65. The van der Waals surface area contributed by atoms with E-state index in [0.29, 0.717) is 18.2 Å². The summed E-state index contributed by atoms with van der Waals surface area (Å²) in [6, 6.07) is 7.83. The zero-order chi connectivity index (χ0) is 18.7. The van der Waals surface area contributed by atoms with Crippen molar-refractivity contribution in [3.63, 3.8) is 0 Å². The van der Waals surface area contributed by atoms with Crippen LogP contribution in [0.15, 0.2) is 29.6 Å². The monoisotopic (exact) mass is 372 g/mol. The zero-order valence-corrected chi connectivity index (χ0v) is 16.0. The summed E-state index contributed by atoms with van der Waals surface area (Å²) in [5.74, 6) is -0.373. The molecule has 138 valence electrons. The third-order valence-electron chi connectivity index (χ3n) is 4.60. The Kier molecular flexibility index (Phi) is 5.68. The van der Waals surface area contributed by atoms with Gasteiger partial charge in [0.1, 0.15) is 0 Å². The van der Waals surface area contributed by atoms with Crippen LogP contribution in [0.1, 0.15) is 31.0 Å². The third kappa shape index (κ3) is 4.28. The molecule has 7 heteroatoms. The molecule has 1 fully saturated rings. The Morgan fingerprint density at radius 1 is 1.42 bits per heavy atom. The van der Waals surface area contributed by atoms with Crippen LogP contribution in [0.3, 0.4) is 0 Å². The Bertz CT molecular complexity index is 804. The molecule has 1 atom stereocenters. The van der Waals surface area contributed by atoms with Gasteiger partial charge in [-0.25, -0.2) is 4.98 Å². The van der Waals surface area contributed by atoms with Crippen LogP contribution in [-0.2, 0) is 16.1 Å². The number of anilines is 2. The maximum Gasteiger partial charge on any atom is 0.230 e. The molecule has 0 bridgehead atoms. The molecule has 0 unspecified atom stereocenters. The van der Waals surface area contributed by atoms with E-state index in [-0.39, 0.29) is 17.7 Å². The number of rotatable bonds is 5. The molecular formula is C19H24N4O2S. The van der Waals surface area contributed by atoms with Crippen LogP contribution in [-0.4, -0.2) is 34.8 Å². The van der Waals surface area contributed by atoms with Crippen molar-refractivity contribution < 1.29 is 9.59 Å². The van der Waals surface area contributed by atoms with Crippen LogP contribution >= 0.6 is 11.3 Å². The van der Waals surface area contributed by atoms with E-state index in [1.807, 2.05) is 36.6 Å². The van der Waals surface area contributed by atoms with Crippen LogP contribution in [0.4, 0.5) is 10.8 Å². The van der Waals surface area contributed by atoms with E-state index in [1.54, 1.807) is 11.8 Å². The molecule has 3 rings (SSSR count). The number of hydrogen-bond acceptors (Lipinski definition) is 5. The van der Waals surface area contributed by atoms with E-state index in [2.05, 4.69) is 9.88 Å². The highest BCUT2D eigenvalue weighted by Crippen LogP contribution is 2.30. The average molecular weight is 372 g/mol. The van der Waals surface area contributed by atoms with Crippen molar-refractivity contribution in [2.75, 3.05) is 18.0 Å². The van der Waals surface area contributed by atoms with Crippen molar-refractivity contribution in [3.8, 4) is 0 Å². The van der Waals surface area contributed by atoms with E-state index < -0.39 is 0 Å². The van der Waals surface area contributed by atoms with E-state index in [9.17, 15) is 9.59 Å². The van der Waals surface area contributed by atoms with Crippen molar-refractivity contribution in [3.05, 3.63) is 40.9 Å². The van der Waals surface area contributed by atoms with Gasteiger partial charge in [0.15, 0.2) is 5.13 Å². The minimum absolute atomic E-state index is 0.0664. The van der Waals surface area contributed by atoms with E-state index in [0.717, 1.165) is 36.3 Å². The Hall–Kier alpha value is -2.25. The Morgan fingerprint density at radius 2 is 2.23 bits per heavy atom. The summed E-state index contributed by atoms with van der Waals surface area (Å²) < 4.78 is 0. The Balaban J connectivity index is 1.75. The summed E-state index contributed by atoms with van der Waals surface area (Å²) in [5, 5.41) is 2.65. The lowest BCUT2D eigenvalue weighted by atomic mass is 9.97. The second kappa shape index (κ2) is 7.97. The maximum absolute atomic E-state index is 12.2. The fourth-order valence-corrected chi connectivity index (χ4v) is 4.20. The van der Waals surface area contributed by atoms with Crippen LogP contribution in [0, 0.1) is 12.8 Å². The standard InChI is InChI=1S/C19H24N4O2S/c1-13-5-3-7-17(9-13)23(14(2)24)19-21-16(12-26-19)11-22-8-4-6-15(10-22)18(20)25/h3,5,7,9,12,15H,4,6,8,10-11H2,1-2H3,(H2,20,25)/t15-/m0/s1. The molecule has 6 nitrogen and oxygen atoms in total. The van der Waals surface area contributed by atoms with Gasteiger partial charge in [-0.3, -0.25) is 19.4 Å². The minimum Gasteiger partial charge on any atom is -0.369 e. The van der Waals surface area contributed by atoms with Crippen molar-refractivity contribution in [2.24, 2.45) is 11.7 Å². The molecule has 0 spiro atoms. The zero-order valence-electron chi connectivity index (χ0n) is 15.1. The van der Waals surface area contributed by atoms with Crippen LogP contribution in [0.5, 0.6) is 0 Å². The van der Waals surface area contributed by atoms with Crippen molar-refractivity contribution in [1.82, 2.24) is 9.88 Å². The van der Waals surface area contributed by atoms with Crippen LogP contribution < -0.4 is 10.6 Å². The first kappa shape index (κ1) is 18.5. The summed E-state index contributed by atoms with van der Waals surface area (Å²) in [4.78, 5) is 32.2. The molecule has 0 saturated carbocycles. The van der Waals surface area contributed by atoms with Gasteiger partial charge < -0.3 is 5.73 Å². The van der Waals surface area contributed by atoms with Crippen LogP contribution in [0.2, 0.25) is 0 Å². The predicted octanol–water partition coefficient (Wildman–Crippen LogP) is 2.83. The summed E-state index contributed by atoms with van der Waals surface area (Å²) in [7, 11) is 0. The third-order valence-corrected chi connectivity index (χ3v) is 5.47. The number of benzene rings is 1. The highest BCUT2D eigenvalue weighted by atomic mass is 32.1. The van der Waals surface area contributed by atoms with Gasteiger partial charge in [0.2, 0.25) is 11.8 Å². The fraction of sp³-hybridized carbons (Fsp3) is 0.421. The molecule has 0 aliphatic carbocycles. The quantitative estimate of drug-likeness (QED) is 0.875. The Morgan fingerprint density at radius 3 is 2.92 bits per heavy atom. The average Bonchev–Trinajstić information content (AvgIpc) is 3.03. The van der Waals surface area contributed by atoms with E-state index >= 15 is 0 Å². The first-order chi connectivity index (χ1) is 12.4. The van der Waals surface area contributed by atoms with E-state index in [4.69, 9.17) is 5.73 Å². The normalized spacial score (nSPS) is 17.8. The second-order valence-corrected chi connectivity index (χ2v) is 7.63. The number of nitrogens with two attached hydrogens (primary N) is 1. The van der Waals surface area contributed by atoms with Gasteiger partial charge in [0, 0.05) is 25.4 Å². The topological polar surface area (TPSA) is 79.5 Å². The van der Waals surface area contributed by atoms with Gasteiger partial charge in [-0.2, -0.15) is 0 Å². The molecule has 2 heterocycles. The minimum atomic E-state index is -0.226. The summed E-state index contributed by atoms with van der Waals surface area (Å²) in [6.07, 6.45) is 1.83. The maximum atomic E-state index is 12.2. The van der Waals surface area contributed by atoms with Crippen molar-refractivity contribution >= 4 is 34.0 Å². The number of hydrogen-bond donors (Lipinski definition) is 1. The number of aromatic nitrogens is 1. The number of nitrogens with zero attached hydrogens (tertiary/aromatic N) is 3. The molecule has 2 N–H and O–H groups in total. The molecule has 1 aromatic carbocycles. The highest BCUT2D eigenvalue weighted by molar-refractivity contribution is 7.14. The molecule has 26 heavy (non-hydrogen) atoms. The van der Waals surface area contributed by atoms with Gasteiger partial charge in [0.05, 0.1) is 17.3 Å².